The molecule has 0 heterocycles. The van der Waals surface area contributed by atoms with E-state index in [1.54, 1.807) is 0 Å². The molecule has 0 saturated carbocycles. The summed E-state index contributed by atoms with van der Waals surface area (Å²) in [7, 11) is 0. The molecule has 306 valence electrons. The van der Waals surface area contributed by atoms with Crippen LogP contribution in [-0.2, 0) is 10.8 Å². The molecule has 0 fully saturated rings. The Kier molecular flexibility index (Phi) is 7.04. The summed E-state index contributed by atoms with van der Waals surface area (Å²) in [5, 5.41) is 12.8. The van der Waals surface area contributed by atoms with Gasteiger partial charge in [-0.1, -0.05) is 208 Å². The van der Waals surface area contributed by atoms with Crippen LogP contribution in [0.1, 0.15) is 47.2 Å². The highest BCUT2D eigenvalue weighted by molar-refractivity contribution is 6.25. The highest BCUT2D eigenvalue weighted by Gasteiger charge is 2.52. The first-order valence-corrected chi connectivity index (χ1v) is 23.4. The van der Waals surface area contributed by atoms with E-state index in [0.717, 1.165) is 0 Å². The van der Waals surface area contributed by atoms with Crippen LogP contribution in [-0.4, -0.2) is 0 Å². The van der Waals surface area contributed by atoms with Crippen molar-refractivity contribution in [3.63, 3.8) is 0 Å². The molecule has 1 spiro atoms. The van der Waals surface area contributed by atoms with Crippen LogP contribution >= 0.6 is 0 Å². The van der Waals surface area contributed by atoms with E-state index in [1.165, 1.54) is 143 Å². The van der Waals surface area contributed by atoms with Crippen molar-refractivity contribution in [3.05, 3.63) is 252 Å². The first kappa shape index (κ1) is 36.3. The van der Waals surface area contributed by atoms with Crippen molar-refractivity contribution in [1.82, 2.24) is 0 Å². The lowest BCUT2D eigenvalue weighted by atomic mass is 9.69. The minimum Gasteiger partial charge on any atom is -0.0619 e. The van der Waals surface area contributed by atoms with Crippen molar-refractivity contribution in [2.75, 3.05) is 0 Å². The number of benzene rings is 12. The van der Waals surface area contributed by atoms with E-state index in [1.807, 2.05) is 0 Å². The zero-order valence-electron chi connectivity index (χ0n) is 36.8. The molecule has 0 atom stereocenters. The quantitative estimate of drug-likeness (QED) is 0.152. The fourth-order valence-electron chi connectivity index (χ4n) is 13.3. The molecule has 0 saturated heterocycles. The van der Waals surface area contributed by atoms with Crippen molar-refractivity contribution >= 4 is 53.9 Å². The Morgan fingerprint density at radius 2 is 0.773 bits per heavy atom. The van der Waals surface area contributed by atoms with E-state index >= 15 is 0 Å². The molecule has 0 bridgehead atoms. The fraction of sp³-hybridized carbons (Fsp3) is 0.0606. The predicted molar refractivity (Wildman–Crippen MR) is 279 cm³/mol. The standard InChI is InChI=1S/C66H42/c1-65(2)56-28-14-13-27-53(56)63-47-22-6-5-19-44(47)55(38-60(63)65)62-50-25-9-7-23-48(50)61(49-24-8-10-26-51(49)62)41-32-31-40-36-54-52-34-33-39-17-3-4-18-43(39)64(52)66(59(54)37-42(40)35-41)57-29-15-11-20-45(57)46-21-12-16-30-58(46)66/h3-38H,1-2H3. The predicted octanol–water partition coefficient (Wildman–Crippen LogP) is 17.4. The normalized spacial score (nSPS) is 14.5. The van der Waals surface area contributed by atoms with E-state index in [4.69, 9.17) is 0 Å². The molecule has 0 N–H and O–H groups in total. The summed E-state index contributed by atoms with van der Waals surface area (Å²) in [6.45, 7) is 4.80. The lowest BCUT2D eigenvalue weighted by Crippen LogP contribution is -2.26. The van der Waals surface area contributed by atoms with Gasteiger partial charge in [-0.25, -0.2) is 0 Å². The van der Waals surface area contributed by atoms with E-state index in [9.17, 15) is 0 Å². The summed E-state index contributed by atoms with van der Waals surface area (Å²) in [4.78, 5) is 0. The van der Waals surface area contributed by atoms with Gasteiger partial charge in [-0.15, -0.1) is 0 Å². The van der Waals surface area contributed by atoms with Gasteiger partial charge in [0.05, 0.1) is 5.41 Å². The molecular weight excluding hydrogens is 793 g/mol. The van der Waals surface area contributed by atoms with Gasteiger partial charge in [0.1, 0.15) is 0 Å². The number of hydrogen-bond donors (Lipinski definition) is 0. The average Bonchev–Trinajstić information content (AvgIpc) is 3.92. The third-order valence-corrected chi connectivity index (χ3v) is 16.0. The minimum absolute atomic E-state index is 0.128. The number of hydrogen-bond acceptors (Lipinski definition) is 0. The molecule has 0 heteroatoms. The van der Waals surface area contributed by atoms with Crippen molar-refractivity contribution in [1.29, 1.82) is 0 Å². The molecule has 12 aromatic rings. The van der Waals surface area contributed by atoms with Gasteiger partial charge in [-0.3, -0.25) is 0 Å². The van der Waals surface area contributed by atoms with Crippen LogP contribution in [0.25, 0.3) is 109 Å². The van der Waals surface area contributed by atoms with Crippen LogP contribution in [0.5, 0.6) is 0 Å². The monoisotopic (exact) mass is 834 g/mol. The first-order chi connectivity index (χ1) is 32.5. The molecule has 15 rings (SSSR count). The Bertz CT molecular complexity index is 4040. The van der Waals surface area contributed by atoms with Crippen molar-refractivity contribution in [2.24, 2.45) is 0 Å². The molecule has 0 radical (unpaired) electrons. The summed E-state index contributed by atoms with van der Waals surface area (Å²) >= 11 is 0. The maximum Gasteiger partial charge on any atom is 0.0731 e. The fourth-order valence-corrected chi connectivity index (χ4v) is 13.3. The smallest absolute Gasteiger partial charge is 0.0619 e. The third kappa shape index (κ3) is 4.44. The van der Waals surface area contributed by atoms with Gasteiger partial charge in [-0.05, 0) is 167 Å². The largest absolute Gasteiger partial charge is 0.0731 e. The SMILES string of the molecule is CC1(C)c2ccccc2-c2c1cc(-c1c3ccccc3c(-c3ccc4cc5c(cc4c3)C3(c4ccccc4-c4ccccc43)c3c-5ccc4ccccc34)c3ccccc13)c1ccccc21. The maximum absolute atomic E-state index is 2.55. The summed E-state index contributed by atoms with van der Waals surface area (Å²) < 4.78 is 0. The zero-order chi connectivity index (χ0) is 43.5. The van der Waals surface area contributed by atoms with Gasteiger partial charge in [0.15, 0.2) is 0 Å². The van der Waals surface area contributed by atoms with Gasteiger partial charge < -0.3 is 0 Å². The molecule has 66 heavy (non-hydrogen) atoms. The average molecular weight is 835 g/mol. The number of fused-ring (bicyclic) bond motifs is 20. The van der Waals surface area contributed by atoms with Gasteiger partial charge in [0.2, 0.25) is 0 Å². The van der Waals surface area contributed by atoms with Crippen LogP contribution < -0.4 is 0 Å². The van der Waals surface area contributed by atoms with Crippen molar-refractivity contribution < 1.29 is 0 Å². The van der Waals surface area contributed by atoms with Crippen LogP contribution in [0, 0.1) is 0 Å². The lowest BCUT2D eigenvalue weighted by molar-refractivity contribution is 0.661. The Morgan fingerprint density at radius 3 is 1.44 bits per heavy atom. The Balaban J connectivity index is 1.00. The summed E-state index contributed by atoms with van der Waals surface area (Å²) in [5.74, 6) is 0. The second-order valence-electron chi connectivity index (χ2n) is 19.4. The Labute approximate surface area is 384 Å². The van der Waals surface area contributed by atoms with E-state index in [2.05, 4.69) is 232 Å². The van der Waals surface area contributed by atoms with E-state index in [0.29, 0.717) is 0 Å². The van der Waals surface area contributed by atoms with Crippen LogP contribution in [0.2, 0.25) is 0 Å². The van der Waals surface area contributed by atoms with Gasteiger partial charge in [-0.2, -0.15) is 0 Å². The molecule has 3 aliphatic carbocycles. The Hall–Kier alpha value is -8.06. The van der Waals surface area contributed by atoms with E-state index < -0.39 is 5.41 Å². The summed E-state index contributed by atoms with van der Waals surface area (Å²) in [6, 6.07) is 83.3. The maximum atomic E-state index is 2.55. The topological polar surface area (TPSA) is 0 Å². The minimum atomic E-state index is -0.446. The van der Waals surface area contributed by atoms with Gasteiger partial charge in [0.25, 0.3) is 0 Å². The Morgan fingerprint density at radius 1 is 0.258 bits per heavy atom. The van der Waals surface area contributed by atoms with E-state index in [-0.39, 0.29) is 5.41 Å². The molecular formula is C66H42. The molecule has 3 aliphatic rings. The van der Waals surface area contributed by atoms with Gasteiger partial charge >= 0.3 is 0 Å². The molecule has 0 aliphatic heterocycles. The first-order valence-electron chi connectivity index (χ1n) is 23.4. The van der Waals surface area contributed by atoms with Crippen molar-refractivity contribution in [3.8, 4) is 55.6 Å². The van der Waals surface area contributed by atoms with Crippen molar-refractivity contribution in [2.45, 2.75) is 24.7 Å². The lowest BCUT2D eigenvalue weighted by Gasteiger charge is -2.31. The molecule has 12 aromatic carbocycles. The highest BCUT2D eigenvalue weighted by atomic mass is 14.5. The van der Waals surface area contributed by atoms with Gasteiger partial charge in [0, 0.05) is 5.41 Å². The highest BCUT2D eigenvalue weighted by Crippen LogP contribution is 2.65. The molecule has 0 aromatic heterocycles. The van der Waals surface area contributed by atoms with Crippen LogP contribution in [0.4, 0.5) is 0 Å². The van der Waals surface area contributed by atoms with Crippen LogP contribution in [0.3, 0.4) is 0 Å². The summed E-state index contributed by atoms with van der Waals surface area (Å²) in [5.41, 5.74) is 20.9. The molecule has 0 amide bonds. The second kappa shape index (κ2) is 12.8. The molecule has 0 nitrogen and oxygen atoms in total. The second-order valence-corrected chi connectivity index (χ2v) is 19.4. The number of rotatable bonds is 2. The zero-order valence-corrected chi connectivity index (χ0v) is 36.8. The third-order valence-electron chi connectivity index (χ3n) is 16.0. The van der Waals surface area contributed by atoms with Crippen LogP contribution in [0.15, 0.2) is 218 Å². The summed E-state index contributed by atoms with van der Waals surface area (Å²) in [6.07, 6.45) is 0. The molecule has 0 unspecified atom stereocenters.